The molecule has 0 amide bonds. The van der Waals surface area contributed by atoms with Crippen LogP contribution in [0.5, 0.6) is 0 Å². The topological polar surface area (TPSA) is 0 Å². The highest BCUT2D eigenvalue weighted by Crippen LogP contribution is 2.05. The molecule has 1 aromatic rings. The minimum atomic E-state index is 1.17. The normalized spacial score (nSPS) is 12.3. The van der Waals surface area contributed by atoms with Gasteiger partial charge in [-0.2, -0.15) is 0 Å². The Morgan fingerprint density at radius 1 is 1.21 bits per heavy atom. The molecule has 0 unspecified atom stereocenters. The summed E-state index contributed by atoms with van der Waals surface area (Å²) in [7, 11) is 0. The van der Waals surface area contributed by atoms with Crippen LogP contribution in [0.4, 0.5) is 0 Å². The maximum absolute atomic E-state index is 2.28. The molecule has 0 bridgehead atoms. The summed E-state index contributed by atoms with van der Waals surface area (Å²) in [6, 6.07) is 10.4. The van der Waals surface area contributed by atoms with Crippen molar-refractivity contribution in [3.63, 3.8) is 0 Å². The zero-order valence-corrected chi connectivity index (χ0v) is 9.03. The van der Waals surface area contributed by atoms with Gasteiger partial charge < -0.3 is 0 Å². The Bertz CT molecular complexity index is 304. The van der Waals surface area contributed by atoms with Crippen LogP contribution in [0.2, 0.25) is 0 Å². The summed E-state index contributed by atoms with van der Waals surface area (Å²) in [6.45, 7) is 4.35. The van der Waals surface area contributed by atoms with Crippen LogP contribution < -0.4 is 0 Å². The summed E-state index contributed by atoms with van der Waals surface area (Å²) in [5.41, 5.74) is 2.60. The zero-order valence-electron chi connectivity index (χ0n) is 9.03. The molecule has 0 N–H and O–H groups in total. The van der Waals surface area contributed by atoms with Crippen LogP contribution in [-0.2, 0) is 0 Å². The van der Waals surface area contributed by atoms with Gasteiger partial charge in [0.2, 0.25) is 0 Å². The minimum absolute atomic E-state index is 1.17. The molecule has 0 radical (unpaired) electrons. The van der Waals surface area contributed by atoms with Crippen molar-refractivity contribution in [3.8, 4) is 0 Å². The van der Waals surface area contributed by atoms with Crippen molar-refractivity contribution in [2.45, 2.75) is 26.7 Å². The average Bonchev–Trinajstić information content (AvgIpc) is 2.25. The van der Waals surface area contributed by atoms with E-state index in [9.17, 15) is 0 Å². The van der Waals surface area contributed by atoms with Crippen molar-refractivity contribution in [3.05, 3.63) is 53.6 Å². The highest BCUT2D eigenvalue weighted by molar-refractivity contribution is 5.52. The number of benzene rings is 1. The molecule has 0 spiro atoms. The first kappa shape index (κ1) is 10.8. The van der Waals surface area contributed by atoms with Gasteiger partial charge in [-0.3, -0.25) is 0 Å². The van der Waals surface area contributed by atoms with Crippen LogP contribution in [0.25, 0.3) is 6.08 Å². The fourth-order valence-electron chi connectivity index (χ4n) is 1.23. The molecule has 1 aromatic carbocycles. The van der Waals surface area contributed by atoms with Gasteiger partial charge in [-0.25, -0.2) is 0 Å². The zero-order chi connectivity index (χ0) is 10.2. The number of hydrogen-bond acceptors (Lipinski definition) is 0. The highest BCUT2D eigenvalue weighted by atomic mass is 13.9. The molecule has 0 aliphatic rings. The number of hydrogen-bond donors (Lipinski definition) is 0. The Kier molecular flexibility index (Phi) is 4.77. The maximum Gasteiger partial charge on any atom is -0.0257 e. The second kappa shape index (κ2) is 6.20. The maximum atomic E-state index is 2.28. The fourth-order valence-corrected chi connectivity index (χ4v) is 1.23. The van der Waals surface area contributed by atoms with Crippen molar-refractivity contribution >= 4 is 6.08 Å². The molecule has 74 valence electrons. The second-order valence-electron chi connectivity index (χ2n) is 3.48. The van der Waals surface area contributed by atoms with E-state index >= 15 is 0 Å². The Labute approximate surface area is 87.0 Å². The molecule has 14 heavy (non-hydrogen) atoms. The largest absolute Gasteiger partial charge is 0.0816 e. The van der Waals surface area contributed by atoms with Crippen molar-refractivity contribution in [1.82, 2.24) is 0 Å². The molecule has 0 atom stereocenters. The number of rotatable bonds is 4. The molecule has 0 saturated carbocycles. The number of allylic oxidation sites excluding steroid dienone is 3. The molecule has 0 aliphatic heterocycles. The molecular weight excluding hydrogens is 168 g/mol. The van der Waals surface area contributed by atoms with E-state index in [4.69, 9.17) is 0 Å². The third-order valence-corrected chi connectivity index (χ3v) is 2.09. The van der Waals surface area contributed by atoms with Gasteiger partial charge in [0.25, 0.3) is 0 Å². The lowest BCUT2D eigenvalue weighted by atomic mass is 10.1. The van der Waals surface area contributed by atoms with Crippen LogP contribution in [0.15, 0.2) is 48.1 Å². The van der Waals surface area contributed by atoms with Crippen LogP contribution in [0, 0.1) is 0 Å². The van der Waals surface area contributed by atoms with Crippen molar-refractivity contribution < 1.29 is 0 Å². The predicted molar refractivity (Wildman–Crippen MR) is 64.1 cm³/mol. The van der Waals surface area contributed by atoms with Crippen LogP contribution >= 0.6 is 0 Å². The first-order valence-corrected chi connectivity index (χ1v) is 5.23. The number of unbranched alkanes of at least 4 members (excludes halogenated alkanes) is 1. The molecule has 0 fully saturated rings. The van der Waals surface area contributed by atoms with E-state index in [2.05, 4.69) is 56.3 Å². The molecule has 0 saturated heterocycles. The van der Waals surface area contributed by atoms with Gasteiger partial charge in [-0.1, -0.05) is 67.5 Å². The summed E-state index contributed by atoms with van der Waals surface area (Å²) < 4.78 is 0. The first-order valence-electron chi connectivity index (χ1n) is 5.23. The Hall–Kier alpha value is -1.30. The molecular formula is C14H18. The molecule has 0 heterocycles. The van der Waals surface area contributed by atoms with E-state index in [1.54, 1.807) is 0 Å². The van der Waals surface area contributed by atoms with E-state index in [0.29, 0.717) is 0 Å². The van der Waals surface area contributed by atoms with E-state index in [0.717, 1.165) is 0 Å². The van der Waals surface area contributed by atoms with Gasteiger partial charge in [0.1, 0.15) is 0 Å². The van der Waals surface area contributed by atoms with Crippen LogP contribution in [0.1, 0.15) is 32.3 Å². The summed E-state index contributed by atoms with van der Waals surface area (Å²) in [5.74, 6) is 0. The molecule has 0 aliphatic carbocycles. The standard InChI is InChI=1S/C14H18/c1-3-4-8-13(2)11-12-14-9-6-5-7-10-14/h5-12H,3-4H2,1-2H3. The van der Waals surface area contributed by atoms with Crippen molar-refractivity contribution in [2.75, 3.05) is 0 Å². The Balaban J connectivity index is 2.56. The third-order valence-electron chi connectivity index (χ3n) is 2.09. The Morgan fingerprint density at radius 2 is 1.93 bits per heavy atom. The van der Waals surface area contributed by atoms with Crippen molar-refractivity contribution in [1.29, 1.82) is 0 Å². The minimum Gasteiger partial charge on any atom is -0.0816 e. The molecule has 0 heteroatoms. The lowest BCUT2D eigenvalue weighted by Crippen LogP contribution is -1.72. The lowest BCUT2D eigenvalue weighted by Gasteiger charge is -1.93. The third kappa shape index (κ3) is 4.08. The van der Waals surface area contributed by atoms with Gasteiger partial charge in [0.15, 0.2) is 0 Å². The van der Waals surface area contributed by atoms with E-state index in [-0.39, 0.29) is 0 Å². The summed E-state index contributed by atoms with van der Waals surface area (Å²) in [4.78, 5) is 0. The highest BCUT2D eigenvalue weighted by Gasteiger charge is 1.84. The SMILES string of the molecule is CCCC=C(C)C=Cc1ccccc1. The average molecular weight is 186 g/mol. The molecule has 1 rings (SSSR count). The first-order chi connectivity index (χ1) is 6.83. The predicted octanol–water partition coefficient (Wildman–Crippen LogP) is 4.45. The molecule has 0 aromatic heterocycles. The van der Waals surface area contributed by atoms with E-state index < -0.39 is 0 Å². The van der Waals surface area contributed by atoms with Gasteiger partial charge in [0, 0.05) is 0 Å². The Morgan fingerprint density at radius 3 is 2.57 bits per heavy atom. The summed E-state index contributed by atoms with van der Waals surface area (Å²) >= 11 is 0. The smallest absolute Gasteiger partial charge is 0.0257 e. The van der Waals surface area contributed by atoms with Gasteiger partial charge in [0.05, 0.1) is 0 Å². The van der Waals surface area contributed by atoms with E-state index in [1.807, 2.05) is 6.07 Å². The summed E-state index contributed by atoms with van der Waals surface area (Å²) in [5, 5.41) is 0. The molecule has 0 nitrogen and oxygen atoms in total. The quantitative estimate of drug-likeness (QED) is 0.609. The summed E-state index contributed by atoms with van der Waals surface area (Å²) in [6.07, 6.45) is 8.99. The monoisotopic (exact) mass is 186 g/mol. The van der Waals surface area contributed by atoms with Gasteiger partial charge in [-0.15, -0.1) is 0 Å². The van der Waals surface area contributed by atoms with Crippen LogP contribution in [-0.4, -0.2) is 0 Å². The van der Waals surface area contributed by atoms with E-state index in [1.165, 1.54) is 24.0 Å². The lowest BCUT2D eigenvalue weighted by molar-refractivity contribution is 0.952. The second-order valence-corrected chi connectivity index (χ2v) is 3.48. The van der Waals surface area contributed by atoms with Gasteiger partial charge >= 0.3 is 0 Å². The fraction of sp³-hybridized carbons (Fsp3) is 0.286. The van der Waals surface area contributed by atoms with Crippen molar-refractivity contribution in [2.24, 2.45) is 0 Å². The van der Waals surface area contributed by atoms with Crippen LogP contribution in [0.3, 0.4) is 0 Å². The van der Waals surface area contributed by atoms with Gasteiger partial charge in [-0.05, 0) is 18.9 Å².